The normalized spacial score (nSPS) is 15.2. The molecule has 0 atom stereocenters. The summed E-state index contributed by atoms with van der Waals surface area (Å²) in [6.07, 6.45) is 1.15. The number of hydrogen-bond donors (Lipinski definition) is 3. The molecular formula is C18H20N2O2. The molecule has 22 heavy (non-hydrogen) atoms. The average Bonchev–Trinajstić information content (AvgIpc) is 2.84. The van der Waals surface area contributed by atoms with E-state index in [2.05, 4.69) is 10.6 Å². The van der Waals surface area contributed by atoms with Gasteiger partial charge in [-0.1, -0.05) is 42.5 Å². The summed E-state index contributed by atoms with van der Waals surface area (Å²) < 4.78 is 0. The minimum absolute atomic E-state index is 0.236. The zero-order valence-electron chi connectivity index (χ0n) is 12.6. The number of benzene rings is 2. The van der Waals surface area contributed by atoms with Crippen LogP contribution in [0.3, 0.4) is 0 Å². The second-order valence-corrected chi connectivity index (χ2v) is 5.97. The van der Waals surface area contributed by atoms with E-state index >= 15 is 0 Å². The summed E-state index contributed by atoms with van der Waals surface area (Å²) in [7, 11) is 0. The highest BCUT2D eigenvalue weighted by molar-refractivity contribution is 5.90. The van der Waals surface area contributed by atoms with Gasteiger partial charge in [0.05, 0.1) is 5.60 Å². The Morgan fingerprint density at radius 3 is 2.32 bits per heavy atom. The van der Waals surface area contributed by atoms with Crippen molar-refractivity contribution >= 4 is 11.7 Å². The highest BCUT2D eigenvalue weighted by atomic mass is 16.3. The fraction of sp³-hybridized carbons (Fsp3) is 0.278. The first kappa shape index (κ1) is 14.6. The van der Waals surface area contributed by atoms with Crippen LogP contribution in [0.1, 0.15) is 16.7 Å². The van der Waals surface area contributed by atoms with Gasteiger partial charge in [-0.05, 0) is 29.7 Å². The third-order valence-corrected chi connectivity index (χ3v) is 4.13. The van der Waals surface area contributed by atoms with Crippen LogP contribution in [0.25, 0.3) is 0 Å². The lowest BCUT2D eigenvalue weighted by Crippen LogP contribution is -2.45. The Morgan fingerprint density at radius 2 is 1.68 bits per heavy atom. The summed E-state index contributed by atoms with van der Waals surface area (Å²) in [4.78, 5) is 12.0. The minimum atomic E-state index is -0.896. The van der Waals surface area contributed by atoms with E-state index in [0.717, 1.165) is 22.4 Å². The van der Waals surface area contributed by atoms with Crippen LogP contribution in [0.15, 0.2) is 48.5 Å². The van der Waals surface area contributed by atoms with Gasteiger partial charge < -0.3 is 15.7 Å². The molecule has 4 heteroatoms. The van der Waals surface area contributed by atoms with Gasteiger partial charge >= 0.3 is 6.03 Å². The number of nitrogens with one attached hydrogen (secondary N) is 2. The van der Waals surface area contributed by atoms with Crippen molar-refractivity contribution in [2.45, 2.75) is 25.4 Å². The number of rotatable bonds is 3. The molecule has 1 aliphatic rings. The van der Waals surface area contributed by atoms with Gasteiger partial charge in [0.25, 0.3) is 0 Å². The lowest BCUT2D eigenvalue weighted by atomic mass is 10.0. The molecule has 0 bridgehead atoms. The summed E-state index contributed by atoms with van der Waals surface area (Å²) in [5, 5.41) is 16.2. The summed E-state index contributed by atoms with van der Waals surface area (Å²) in [5.74, 6) is 0. The van der Waals surface area contributed by atoms with Gasteiger partial charge in [0, 0.05) is 25.1 Å². The van der Waals surface area contributed by atoms with Crippen LogP contribution in [0, 0.1) is 6.92 Å². The first-order valence-corrected chi connectivity index (χ1v) is 7.45. The molecule has 0 spiro atoms. The largest absolute Gasteiger partial charge is 0.387 e. The molecule has 0 saturated carbocycles. The quantitative estimate of drug-likeness (QED) is 0.815. The van der Waals surface area contributed by atoms with Crippen molar-refractivity contribution in [3.05, 3.63) is 65.2 Å². The Balaban J connectivity index is 1.57. The van der Waals surface area contributed by atoms with Crippen LogP contribution in [0.2, 0.25) is 0 Å². The third kappa shape index (κ3) is 3.12. The number of carbonyl (C=O) groups is 1. The fourth-order valence-electron chi connectivity index (χ4n) is 2.92. The Morgan fingerprint density at radius 1 is 1.09 bits per heavy atom. The van der Waals surface area contributed by atoms with E-state index in [0.29, 0.717) is 12.8 Å². The molecule has 2 aromatic rings. The second-order valence-electron chi connectivity index (χ2n) is 5.97. The van der Waals surface area contributed by atoms with Gasteiger partial charge in [-0.15, -0.1) is 0 Å². The molecular weight excluding hydrogens is 276 g/mol. The van der Waals surface area contributed by atoms with E-state index in [-0.39, 0.29) is 12.6 Å². The fourth-order valence-corrected chi connectivity index (χ4v) is 2.92. The van der Waals surface area contributed by atoms with Gasteiger partial charge in [0.2, 0.25) is 0 Å². The maximum atomic E-state index is 12.0. The predicted molar refractivity (Wildman–Crippen MR) is 87.0 cm³/mol. The summed E-state index contributed by atoms with van der Waals surface area (Å²) in [6, 6.07) is 15.3. The van der Waals surface area contributed by atoms with E-state index in [1.165, 1.54) is 0 Å². The van der Waals surface area contributed by atoms with Gasteiger partial charge in [0.1, 0.15) is 0 Å². The van der Waals surface area contributed by atoms with Crippen molar-refractivity contribution in [2.75, 3.05) is 11.9 Å². The van der Waals surface area contributed by atoms with Crippen molar-refractivity contribution in [1.82, 2.24) is 5.32 Å². The first-order chi connectivity index (χ1) is 10.6. The lowest BCUT2D eigenvalue weighted by molar-refractivity contribution is 0.0541. The minimum Gasteiger partial charge on any atom is -0.387 e. The van der Waals surface area contributed by atoms with Crippen LogP contribution >= 0.6 is 0 Å². The van der Waals surface area contributed by atoms with Crippen molar-refractivity contribution in [3.63, 3.8) is 0 Å². The predicted octanol–water partition coefficient (Wildman–Crippen LogP) is 2.65. The SMILES string of the molecule is Cc1ccccc1NC(=O)NCC1(O)Cc2ccccc2C1. The maximum Gasteiger partial charge on any atom is 0.319 e. The van der Waals surface area contributed by atoms with E-state index in [4.69, 9.17) is 0 Å². The van der Waals surface area contributed by atoms with Crippen molar-refractivity contribution in [1.29, 1.82) is 0 Å². The van der Waals surface area contributed by atoms with Gasteiger partial charge in [0.15, 0.2) is 0 Å². The van der Waals surface area contributed by atoms with Crippen LogP contribution in [0.5, 0.6) is 0 Å². The number of urea groups is 1. The van der Waals surface area contributed by atoms with Crippen molar-refractivity contribution in [2.24, 2.45) is 0 Å². The number of fused-ring (bicyclic) bond motifs is 1. The van der Waals surface area contributed by atoms with E-state index in [1.807, 2.05) is 55.5 Å². The average molecular weight is 296 g/mol. The van der Waals surface area contributed by atoms with E-state index in [9.17, 15) is 9.90 Å². The zero-order valence-corrected chi connectivity index (χ0v) is 12.6. The van der Waals surface area contributed by atoms with Crippen LogP contribution < -0.4 is 10.6 Å². The number of para-hydroxylation sites is 1. The molecule has 2 aromatic carbocycles. The zero-order chi connectivity index (χ0) is 15.6. The van der Waals surface area contributed by atoms with Crippen molar-refractivity contribution in [3.8, 4) is 0 Å². The Labute approximate surface area is 130 Å². The Kier molecular flexibility index (Phi) is 3.86. The van der Waals surface area contributed by atoms with Crippen LogP contribution in [-0.2, 0) is 12.8 Å². The molecule has 0 aliphatic heterocycles. The molecule has 3 rings (SSSR count). The molecule has 4 nitrogen and oxygen atoms in total. The summed E-state index contributed by atoms with van der Waals surface area (Å²) in [5.41, 5.74) is 3.20. The number of aliphatic hydroxyl groups is 1. The molecule has 2 amide bonds. The molecule has 0 aromatic heterocycles. The smallest absolute Gasteiger partial charge is 0.319 e. The number of carbonyl (C=O) groups excluding carboxylic acids is 1. The third-order valence-electron chi connectivity index (χ3n) is 4.13. The Hall–Kier alpha value is -2.33. The molecule has 0 unspecified atom stereocenters. The first-order valence-electron chi connectivity index (χ1n) is 7.45. The number of anilines is 1. The van der Waals surface area contributed by atoms with Crippen LogP contribution in [0.4, 0.5) is 10.5 Å². The lowest BCUT2D eigenvalue weighted by Gasteiger charge is -2.22. The van der Waals surface area contributed by atoms with Crippen molar-refractivity contribution < 1.29 is 9.90 Å². The maximum absolute atomic E-state index is 12.0. The van der Waals surface area contributed by atoms with Gasteiger partial charge in [-0.2, -0.15) is 0 Å². The molecule has 0 fully saturated rings. The molecule has 114 valence electrons. The van der Waals surface area contributed by atoms with E-state index < -0.39 is 5.60 Å². The molecule has 0 heterocycles. The number of amides is 2. The number of aryl methyl sites for hydroxylation is 1. The van der Waals surface area contributed by atoms with Gasteiger partial charge in [-0.3, -0.25) is 0 Å². The standard InChI is InChI=1S/C18H20N2O2/c1-13-6-2-5-9-16(13)20-17(21)19-12-18(22)10-14-7-3-4-8-15(14)11-18/h2-9,22H,10-12H2,1H3,(H2,19,20,21). The van der Waals surface area contributed by atoms with E-state index in [1.54, 1.807) is 0 Å². The molecule has 3 N–H and O–H groups in total. The highest BCUT2D eigenvalue weighted by Crippen LogP contribution is 2.29. The Bertz CT molecular complexity index is 672. The number of hydrogen-bond acceptors (Lipinski definition) is 2. The topological polar surface area (TPSA) is 61.4 Å². The second kappa shape index (κ2) is 5.81. The van der Waals surface area contributed by atoms with Gasteiger partial charge in [-0.25, -0.2) is 4.79 Å². The molecule has 0 radical (unpaired) electrons. The molecule has 1 aliphatic carbocycles. The highest BCUT2D eigenvalue weighted by Gasteiger charge is 2.35. The molecule has 0 saturated heterocycles. The summed E-state index contributed by atoms with van der Waals surface area (Å²) >= 11 is 0. The monoisotopic (exact) mass is 296 g/mol. The summed E-state index contributed by atoms with van der Waals surface area (Å²) in [6.45, 7) is 2.18. The van der Waals surface area contributed by atoms with Crippen LogP contribution in [-0.4, -0.2) is 23.3 Å².